The Balaban J connectivity index is 2.27. The van der Waals surface area contributed by atoms with Crippen molar-refractivity contribution < 1.29 is 9.66 Å². The first-order valence-corrected chi connectivity index (χ1v) is 6.79. The van der Waals surface area contributed by atoms with Crippen LogP contribution in [0.4, 0.5) is 17.3 Å². The van der Waals surface area contributed by atoms with Crippen LogP contribution in [0.15, 0.2) is 12.1 Å². The van der Waals surface area contributed by atoms with E-state index in [1.165, 1.54) is 6.07 Å². The van der Waals surface area contributed by atoms with E-state index < -0.39 is 4.92 Å². The quantitative estimate of drug-likeness (QED) is 0.636. The number of hydrogen-bond donors (Lipinski definition) is 2. The topological polar surface area (TPSA) is 89.3 Å². The van der Waals surface area contributed by atoms with Gasteiger partial charge in [0.05, 0.1) is 17.1 Å². The SMILES string of the molecule is CCNc1ccc([N+](=O)[O-])c(NC2(C)CCCOC2)n1. The predicted octanol–water partition coefficient (Wildman–Crippen LogP) is 2.40. The van der Waals surface area contributed by atoms with Gasteiger partial charge in [-0.3, -0.25) is 10.1 Å². The molecule has 0 spiro atoms. The number of aromatic nitrogens is 1. The second-order valence-corrected chi connectivity index (χ2v) is 5.19. The Bertz CT molecular complexity index is 487. The Morgan fingerprint density at radius 3 is 2.95 bits per heavy atom. The third-order valence-corrected chi connectivity index (χ3v) is 3.29. The minimum atomic E-state index is -0.419. The highest BCUT2D eigenvalue weighted by Gasteiger charge is 2.30. The lowest BCUT2D eigenvalue weighted by Crippen LogP contribution is -2.43. The van der Waals surface area contributed by atoms with E-state index in [1.54, 1.807) is 6.07 Å². The first-order valence-electron chi connectivity index (χ1n) is 6.79. The molecule has 1 fully saturated rings. The Kier molecular flexibility index (Phi) is 4.39. The van der Waals surface area contributed by atoms with Crippen molar-refractivity contribution in [2.24, 2.45) is 0 Å². The summed E-state index contributed by atoms with van der Waals surface area (Å²) in [6.45, 7) is 5.93. The maximum Gasteiger partial charge on any atom is 0.311 e. The minimum Gasteiger partial charge on any atom is -0.379 e. The van der Waals surface area contributed by atoms with Gasteiger partial charge in [0, 0.05) is 19.2 Å². The molecule has 20 heavy (non-hydrogen) atoms. The molecule has 2 N–H and O–H groups in total. The van der Waals surface area contributed by atoms with Crippen LogP contribution in [0, 0.1) is 10.1 Å². The molecule has 0 amide bonds. The number of ether oxygens (including phenoxy) is 1. The zero-order chi connectivity index (χ0) is 14.6. The molecule has 1 saturated heterocycles. The molecule has 1 aliphatic rings. The van der Waals surface area contributed by atoms with Gasteiger partial charge in [-0.15, -0.1) is 0 Å². The highest BCUT2D eigenvalue weighted by Crippen LogP contribution is 2.30. The molecule has 0 saturated carbocycles. The summed E-state index contributed by atoms with van der Waals surface area (Å²) in [4.78, 5) is 15.0. The molecule has 2 heterocycles. The summed E-state index contributed by atoms with van der Waals surface area (Å²) < 4.78 is 5.46. The lowest BCUT2D eigenvalue weighted by Gasteiger charge is -2.34. The Morgan fingerprint density at radius 2 is 2.35 bits per heavy atom. The summed E-state index contributed by atoms with van der Waals surface area (Å²) in [6, 6.07) is 3.09. The fourth-order valence-electron chi connectivity index (χ4n) is 2.29. The van der Waals surface area contributed by atoms with Crippen LogP contribution in [-0.4, -0.2) is 35.2 Å². The van der Waals surface area contributed by atoms with Crippen LogP contribution < -0.4 is 10.6 Å². The van der Waals surface area contributed by atoms with Gasteiger partial charge >= 0.3 is 5.69 Å². The van der Waals surface area contributed by atoms with Crippen LogP contribution in [-0.2, 0) is 4.74 Å². The first-order chi connectivity index (χ1) is 9.54. The van der Waals surface area contributed by atoms with Crippen molar-refractivity contribution in [1.82, 2.24) is 4.98 Å². The van der Waals surface area contributed by atoms with Crippen LogP contribution in [0.2, 0.25) is 0 Å². The largest absolute Gasteiger partial charge is 0.379 e. The van der Waals surface area contributed by atoms with E-state index in [9.17, 15) is 10.1 Å². The summed E-state index contributed by atoms with van der Waals surface area (Å²) in [5.41, 5.74) is -0.334. The molecule has 7 nitrogen and oxygen atoms in total. The zero-order valence-corrected chi connectivity index (χ0v) is 11.8. The number of rotatable bonds is 5. The van der Waals surface area contributed by atoms with Crippen molar-refractivity contribution in [2.45, 2.75) is 32.2 Å². The number of nitrogens with zero attached hydrogens (tertiary/aromatic N) is 2. The van der Waals surface area contributed by atoms with Crippen molar-refractivity contribution >= 4 is 17.3 Å². The normalized spacial score (nSPS) is 22.3. The third kappa shape index (κ3) is 3.36. The van der Waals surface area contributed by atoms with Gasteiger partial charge in [0.2, 0.25) is 5.82 Å². The van der Waals surface area contributed by atoms with Gasteiger partial charge in [-0.05, 0) is 32.8 Å². The number of nitrogens with one attached hydrogen (secondary N) is 2. The molecule has 1 atom stereocenters. The first kappa shape index (κ1) is 14.5. The second-order valence-electron chi connectivity index (χ2n) is 5.19. The molecule has 2 rings (SSSR count). The van der Waals surface area contributed by atoms with Gasteiger partial charge in [0.25, 0.3) is 0 Å². The van der Waals surface area contributed by atoms with E-state index in [0.29, 0.717) is 24.8 Å². The van der Waals surface area contributed by atoms with E-state index in [-0.39, 0.29) is 11.2 Å². The van der Waals surface area contributed by atoms with Gasteiger partial charge in [0.15, 0.2) is 0 Å². The summed E-state index contributed by atoms with van der Waals surface area (Å²) >= 11 is 0. The van der Waals surface area contributed by atoms with Crippen LogP contribution >= 0.6 is 0 Å². The Morgan fingerprint density at radius 1 is 1.55 bits per heavy atom. The number of nitro groups is 1. The van der Waals surface area contributed by atoms with Crippen LogP contribution in [0.3, 0.4) is 0 Å². The molecule has 110 valence electrons. The maximum absolute atomic E-state index is 11.1. The van der Waals surface area contributed by atoms with Gasteiger partial charge in [-0.2, -0.15) is 0 Å². The molecule has 1 aromatic heterocycles. The summed E-state index contributed by atoms with van der Waals surface area (Å²) in [5.74, 6) is 0.919. The van der Waals surface area contributed by atoms with Crippen molar-refractivity contribution in [3.8, 4) is 0 Å². The van der Waals surface area contributed by atoms with Crippen molar-refractivity contribution in [1.29, 1.82) is 0 Å². The van der Waals surface area contributed by atoms with Gasteiger partial charge in [-0.1, -0.05) is 0 Å². The minimum absolute atomic E-state index is 0.0153. The highest BCUT2D eigenvalue weighted by molar-refractivity contribution is 5.61. The lowest BCUT2D eigenvalue weighted by atomic mass is 9.95. The standard InChI is InChI=1S/C13H20N4O3/c1-3-14-11-6-5-10(17(18)19)12(15-11)16-13(2)7-4-8-20-9-13/h5-6H,3-4,7-9H2,1-2H3,(H2,14,15,16). The van der Waals surface area contributed by atoms with Gasteiger partial charge in [-0.25, -0.2) is 4.98 Å². The average Bonchev–Trinajstić information content (AvgIpc) is 2.39. The summed E-state index contributed by atoms with van der Waals surface area (Å²) in [6.07, 6.45) is 1.83. The number of anilines is 2. The van der Waals surface area contributed by atoms with E-state index >= 15 is 0 Å². The number of hydrogen-bond acceptors (Lipinski definition) is 6. The molecule has 0 bridgehead atoms. The molecule has 1 aromatic rings. The third-order valence-electron chi connectivity index (χ3n) is 3.29. The van der Waals surface area contributed by atoms with Gasteiger partial charge < -0.3 is 15.4 Å². The van der Waals surface area contributed by atoms with E-state index in [2.05, 4.69) is 15.6 Å². The fourth-order valence-corrected chi connectivity index (χ4v) is 2.29. The van der Waals surface area contributed by atoms with E-state index in [4.69, 9.17) is 4.74 Å². The molecular formula is C13H20N4O3. The zero-order valence-electron chi connectivity index (χ0n) is 11.8. The highest BCUT2D eigenvalue weighted by atomic mass is 16.6. The summed E-state index contributed by atoms with van der Waals surface area (Å²) in [5, 5.41) is 17.4. The molecule has 0 radical (unpaired) electrons. The molecule has 0 aromatic carbocycles. The Hall–Kier alpha value is -1.89. The molecule has 7 heteroatoms. The van der Waals surface area contributed by atoms with Crippen molar-refractivity contribution in [3.63, 3.8) is 0 Å². The monoisotopic (exact) mass is 280 g/mol. The average molecular weight is 280 g/mol. The second kappa shape index (κ2) is 6.04. The lowest BCUT2D eigenvalue weighted by molar-refractivity contribution is -0.384. The van der Waals surface area contributed by atoms with E-state index in [0.717, 1.165) is 19.4 Å². The van der Waals surface area contributed by atoms with E-state index in [1.807, 2.05) is 13.8 Å². The van der Waals surface area contributed by atoms with Crippen molar-refractivity contribution in [2.75, 3.05) is 30.4 Å². The molecule has 1 unspecified atom stereocenters. The Labute approximate surface area is 117 Å². The summed E-state index contributed by atoms with van der Waals surface area (Å²) in [7, 11) is 0. The van der Waals surface area contributed by atoms with Crippen molar-refractivity contribution in [3.05, 3.63) is 22.2 Å². The fraction of sp³-hybridized carbons (Fsp3) is 0.615. The predicted molar refractivity (Wildman–Crippen MR) is 77.1 cm³/mol. The number of pyridine rings is 1. The van der Waals surface area contributed by atoms with Crippen LogP contribution in [0.1, 0.15) is 26.7 Å². The van der Waals surface area contributed by atoms with Gasteiger partial charge in [0.1, 0.15) is 5.82 Å². The van der Waals surface area contributed by atoms with Crippen LogP contribution in [0.25, 0.3) is 0 Å². The van der Waals surface area contributed by atoms with Crippen LogP contribution in [0.5, 0.6) is 0 Å². The molecule has 1 aliphatic heterocycles. The smallest absolute Gasteiger partial charge is 0.311 e. The molecular weight excluding hydrogens is 260 g/mol. The molecule has 0 aliphatic carbocycles. The maximum atomic E-state index is 11.1.